The van der Waals surface area contributed by atoms with Crippen molar-refractivity contribution >= 4 is 17.7 Å². The highest BCUT2D eigenvalue weighted by Crippen LogP contribution is 2.22. The van der Waals surface area contributed by atoms with Crippen LogP contribution in [-0.4, -0.2) is 30.4 Å². The molecule has 5 heteroatoms. The molecule has 0 saturated carbocycles. The molecular formula is C24H44O5. The molecule has 0 amide bonds. The Morgan fingerprint density at radius 3 is 1.90 bits per heavy atom. The summed E-state index contributed by atoms with van der Waals surface area (Å²) in [6.07, 6.45) is 11.0. The number of carbonyl (C=O) groups is 3. The van der Waals surface area contributed by atoms with E-state index in [0.717, 1.165) is 70.6 Å². The van der Waals surface area contributed by atoms with Crippen LogP contribution in [0.4, 0.5) is 0 Å². The summed E-state index contributed by atoms with van der Waals surface area (Å²) in [5, 5.41) is 0. The quantitative estimate of drug-likeness (QED) is 0.203. The standard InChI is InChI=1S/C24H44O5/c1-6-28-24(27)18-10-8-7-9-14-22(20(4)25)15-12-17-23(29-21(5)26)16-11-13-19(2)3/h19,22-23H,6-18H2,1-5H3. The lowest BCUT2D eigenvalue weighted by Gasteiger charge is -2.19. The normalized spacial score (nSPS) is 13.2. The van der Waals surface area contributed by atoms with Gasteiger partial charge in [-0.05, 0) is 64.7 Å². The lowest BCUT2D eigenvalue weighted by atomic mass is 9.90. The van der Waals surface area contributed by atoms with E-state index in [1.165, 1.54) is 6.92 Å². The van der Waals surface area contributed by atoms with E-state index in [0.29, 0.717) is 18.9 Å². The molecule has 0 bridgehead atoms. The topological polar surface area (TPSA) is 69.7 Å². The van der Waals surface area contributed by atoms with Crippen molar-refractivity contribution in [2.24, 2.45) is 11.8 Å². The zero-order chi connectivity index (χ0) is 22.1. The number of ketones is 1. The number of hydrogen-bond donors (Lipinski definition) is 0. The predicted molar refractivity (Wildman–Crippen MR) is 117 cm³/mol. The minimum atomic E-state index is -0.217. The maximum absolute atomic E-state index is 12.0. The fraction of sp³-hybridized carbons (Fsp3) is 0.875. The van der Waals surface area contributed by atoms with E-state index in [4.69, 9.17) is 9.47 Å². The van der Waals surface area contributed by atoms with Gasteiger partial charge in [-0.1, -0.05) is 39.5 Å². The first-order valence-corrected chi connectivity index (χ1v) is 11.6. The van der Waals surface area contributed by atoms with Crippen molar-refractivity contribution in [1.29, 1.82) is 0 Å². The average Bonchev–Trinajstić information content (AvgIpc) is 2.61. The van der Waals surface area contributed by atoms with Crippen molar-refractivity contribution in [3.63, 3.8) is 0 Å². The molecule has 0 saturated heterocycles. The highest BCUT2D eigenvalue weighted by atomic mass is 16.5. The Hall–Kier alpha value is -1.39. The van der Waals surface area contributed by atoms with Gasteiger partial charge in [0.25, 0.3) is 0 Å². The van der Waals surface area contributed by atoms with E-state index in [1.54, 1.807) is 6.92 Å². The third-order valence-corrected chi connectivity index (χ3v) is 5.28. The Morgan fingerprint density at radius 2 is 1.34 bits per heavy atom. The third kappa shape index (κ3) is 17.2. The molecule has 2 atom stereocenters. The summed E-state index contributed by atoms with van der Waals surface area (Å²) in [4.78, 5) is 34.7. The van der Waals surface area contributed by atoms with Gasteiger partial charge in [0, 0.05) is 19.3 Å². The highest BCUT2D eigenvalue weighted by molar-refractivity contribution is 5.78. The Morgan fingerprint density at radius 1 is 0.759 bits per heavy atom. The zero-order valence-electron chi connectivity index (χ0n) is 19.5. The van der Waals surface area contributed by atoms with Crippen LogP contribution < -0.4 is 0 Å². The van der Waals surface area contributed by atoms with E-state index in [2.05, 4.69) is 13.8 Å². The number of Topliss-reactive ketones (excluding diaryl/α,β-unsaturated/α-hetero) is 1. The minimum absolute atomic E-state index is 0.0262. The summed E-state index contributed by atoms with van der Waals surface area (Å²) in [5.74, 6) is 0.664. The van der Waals surface area contributed by atoms with Crippen molar-refractivity contribution in [2.75, 3.05) is 6.61 Å². The molecule has 0 N–H and O–H groups in total. The predicted octanol–water partition coefficient (Wildman–Crippen LogP) is 6.02. The molecule has 0 aliphatic carbocycles. The Balaban J connectivity index is 4.11. The van der Waals surface area contributed by atoms with E-state index in [9.17, 15) is 14.4 Å². The van der Waals surface area contributed by atoms with E-state index in [-0.39, 0.29) is 29.7 Å². The van der Waals surface area contributed by atoms with E-state index < -0.39 is 0 Å². The second kappa shape index (κ2) is 17.5. The number of hydrogen-bond acceptors (Lipinski definition) is 5. The summed E-state index contributed by atoms with van der Waals surface area (Å²) in [6, 6.07) is 0. The van der Waals surface area contributed by atoms with Crippen LogP contribution in [0.2, 0.25) is 0 Å². The molecule has 0 rings (SSSR count). The number of unbranched alkanes of at least 4 members (excludes halogenated alkanes) is 3. The zero-order valence-corrected chi connectivity index (χ0v) is 19.5. The maximum Gasteiger partial charge on any atom is 0.305 e. The molecule has 0 radical (unpaired) electrons. The van der Waals surface area contributed by atoms with E-state index in [1.807, 2.05) is 6.92 Å². The lowest BCUT2D eigenvalue weighted by Crippen LogP contribution is -2.18. The molecule has 2 unspecified atom stereocenters. The smallest absolute Gasteiger partial charge is 0.305 e. The molecule has 0 heterocycles. The average molecular weight is 413 g/mol. The molecule has 0 spiro atoms. The summed E-state index contributed by atoms with van der Waals surface area (Å²) in [7, 11) is 0. The van der Waals surface area contributed by atoms with Gasteiger partial charge in [0.05, 0.1) is 6.61 Å². The first-order chi connectivity index (χ1) is 13.8. The van der Waals surface area contributed by atoms with Crippen LogP contribution in [0, 0.1) is 11.8 Å². The van der Waals surface area contributed by atoms with Gasteiger partial charge in [0.15, 0.2) is 0 Å². The van der Waals surface area contributed by atoms with Gasteiger partial charge in [0.2, 0.25) is 0 Å². The largest absolute Gasteiger partial charge is 0.466 e. The molecule has 5 nitrogen and oxygen atoms in total. The van der Waals surface area contributed by atoms with Crippen molar-refractivity contribution in [1.82, 2.24) is 0 Å². The molecule has 0 aromatic carbocycles. The first kappa shape index (κ1) is 27.6. The van der Waals surface area contributed by atoms with Crippen LogP contribution in [0.1, 0.15) is 112 Å². The Kier molecular flexibility index (Phi) is 16.6. The molecule has 0 aliphatic heterocycles. The fourth-order valence-electron chi connectivity index (χ4n) is 3.64. The van der Waals surface area contributed by atoms with Gasteiger partial charge in [-0.2, -0.15) is 0 Å². The van der Waals surface area contributed by atoms with Crippen molar-refractivity contribution in [3.8, 4) is 0 Å². The molecule has 0 aromatic rings. The summed E-state index contributed by atoms with van der Waals surface area (Å²) in [5.41, 5.74) is 0. The highest BCUT2D eigenvalue weighted by Gasteiger charge is 2.17. The SMILES string of the molecule is CCOC(=O)CCCCCCC(CCCC(CCCC(C)C)OC(C)=O)C(C)=O. The second-order valence-electron chi connectivity index (χ2n) is 8.55. The van der Waals surface area contributed by atoms with Crippen LogP contribution in [0.5, 0.6) is 0 Å². The van der Waals surface area contributed by atoms with Crippen LogP contribution in [0.15, 0.2) is 0 Å². The second-order valence-corrected chi connectivity index (χ2v) is 8.55. The van der Waals surface area contributed by atoms with Crippen molar-refractivity contribution in [3.05, 3.63) is 0 Å². The number of ether oxygens (including phenoxy) is 2. The summed E-state index contributed by atoms with van der Waals surface area (Å²) >= 11 is 0. The summed E-state index contributed by atoms with van der Waals surface area (Å²) < 4.78 is 10.4. The van der Waals surface area contributed by atoms with Crippen LogP contribution in [0.25, 0.3) is 0 Å². The van der Waals surface area contributed by atoms with Gasteiger partial charge < -0.3 is 9.47 Å². The molecule has 0 aromatic heterocycles. The molecular weight excluding hydrogens is 368 g/mol. The summed E-state index contributed by atoms with van der Waals surface area (Å²) in [6.45, 7) is 9.81. The monoisotopic (exact) mass is 412 g/mol. The fourth-order valence-corrected chi connectivity index (χ4v) is 3.64. The Bertz CT molecular complexity index is 458. The van der Waals surface area contributed by atoms with Crippen LogP contribution >= 0.6 is 0 Å². The maximum atomic E-state index is 12.0. The van der Waals surface area contributed by atoms with Gasteiger partial charge in [0.1, 0.15) is 11.9 Å². The molecule has 170 valence electrons. The first-order valence-electron chi connectivity index (χ1n) is 11.6. The van der Waals surface area contributed by atoms with Gasteiger partial charge >= 0.3 is 11.9 Å². The molecule has 29 heavy (non-hydrogen) atoms. The van der Waals surface area contributed by atoms with Crippen molar-refractivity contribution < 1.29 is 23.9 Å². The minimum Gasteiger partial charge on any atom is -0.466 e. The third-order valence-electron chi connectivity index (χ3n) is 5.28. The van der Waals surface area contributed by atoms with Gasteiger partial charge in [-0.15, -0.1) is 0 Å². The van der Waals surface area contributed by atoms with Gasteiger partial charge in [-0.3, -0.25) is 14.4 Å². The molecule has 0 fully saturated rings. The number of esters is 2. The Labute approximate surface area is 178 Å². The van der Waals surface area contributed by atoms with E-state index >= 15 is 0 Å². The van der Waals surface area contributed by atoms with Crippen molar-refractivity contribution in [2.45, 2.75) is 118 Å². The van der Waals surface area contributed by atoms with Gasteiger partial charge in [-0.25, -0.2) is 0 Å². The van der Waals surface area contributed by atoms with Crippen LogP contribution in [0.3, 0.4) is 0 Å². The van der Waals surface area contributed by atoms with Crippen LogP contribution in [-0.2, 0) is 23.9 Å². The number of rotatable bonds is 18. The molecule has 0 aliphatic rings. The number of carbonyl (C=O) groups excluding carboxylic acids is 3. The lowest BCUT2D eigenvalue weighted by molar-refractivity contribution is -0.147.